The maximum Gasteiger partial charge on any atom is 0.231 e. The van der Waals surface area contributed by atoms with Gasteiger partial charge in [0.2, 0.25) is 11.8 Å². The van der Waals surface area contributed by atoms with Crippen molar-refractivity contribution in [3.8, 4) is 0 Å². The average Bonchev–Trinajstić information content (AvgIpc) is 2.86. The normalized spacial score (nSPS) is 32.0. The van der Waals surface area contributed by atoms with E-state index in [9.17, 15) is 9.59 Å². The van der Waals surface area contributed by atoms with Crippen LogP contribution in [0.3, 0.4) is 0 Å². The Morgan fingerprint density at radius 1 is 1.14 bits per heavy atom. The molecule has 21 heavy (non-hydrogen) atoms. The van der Waals surface area contributed by atoms with Crippen LogP contribution in [0.4, 0.5) is 0 Å². The van der Waals surface area contributed by atoms with Crippen molar-refractivity contribution in [1.82, 2.24) is 9.80 Å². The maximum atomic E-state index is 13.1. The quantitative estimate of drug-likeness (QED) is 0.848. The summed E-state index contributed by atoms with van der Waals surface area (Å²) in [6, 6.07) is 0.466. The first-order valence-electron chi connectivity index (χ1n) is 8.42. The smallest absolute Gasteiger partial charge is 0.231 e. The molecule has 1 spiro atoms. The van der Waals surface area contributed by atoms with Gasteiger partial charge < -0.3 is 10.6 Å². The minimum Gasteiger partial charge on any atom is -0.369 e. The number of hydrogen-bond donors (Lipinski definition) is 1. The first-order chi connectivity index (χ1) is 10.1. The number of amides is 2. The van der Waals surface area contributed by atoms with Crippen molar-refractivity contribution < 1.29 is 9.59 Å². The first-order valence-corrected chi connectivity index (χ1v) is 8.42. The van der Waals surface area contributed by atoms with E-state index in [2.05, 4.69) is 9.80 Å². The minimum absolute atomic E-state index is 0.231. The predicted octanol–water partition coefficient (Wildman–Crippen LogP) is 1.12. The summed E-state index contributed by atoms with van der Waals surface area (Å²) in [7, 11) is 0. The van der Waals surface area contributed by atoms with Crippen molar-refractivity contribution in [1.29, 1.82) is 0 Å². The van der Waals surface area contributed by atoms with Gasteiger partial charge >= 0.3 is 0 Å². The molecule has 2 heterocycles. The molecular formula is C16H27N3O2. The van der Waals surface area contributed by atoms with Crippen molar-refractivity contribution in [3.05, 3.63) is 0 Å². The van der Waals surface area contributed by atoms with Gasteiger partial charge in [-0.25, -0.2) is 0 Å². The lowest BCUT2D eigenvalue weighted by molar-refractivity contribution is -0.149. The summed E-state index contributed by atoms with van der Waals surface area (Å²) in [6.07, 6.45) is 9.15. The number of carbonyl (C=O) groups excluding carboxylic acids is 2. The molecule has 118 valence electrons. The molecule has 0 unspecified atom stereocenters. The fourth-order valence-electron chi connectivity index (χ4n) is 4.53. The molecule has 0 aromatic carbocycles. The average molecular weight is 293 g/mol. The largest absolute Gasteiger partial charge is 0.369 e. The van der Waals surface area contributed by atoms with Crippen molar-refractivity contribution in [3.63, 3.8) is 0 Å². The number of carbonyl (C=O) groups is 2. The summed E-state index contributed by atoms with van der Waals surface area (Å²) >= 11 is 0. The van der Waals surface area contributed by atoms with Crippen molar-refractivity contribution >= 4 is 11.8 Å². The number of likely N-dealkylation sites (tertiary alicyclic amines) is 2. The Morgan fingerprint density at radius 2 is 1.90 bits per heavy atom. The molecule has 2 N–H and O–H groups in total. The first kappa shape index (κ1) is 14.8. The monoisotopic (exact) mass is 293 g/mol. The number of rotatable bonds is 3. The highest BCUT2D eigenvalue weighted by Crippen LogP contribution is 2.41. The van der Waals surface area contributed by atoms with E-state index in [0.717, 1.165) is 38.9 Å². The van der Waals surface area contributed by atoms with Crippen molar-refractivity contribution in [2.24, 2.45) is 11.1 Å². The van der Waals surface area contributed by atoms with Crippen LogP contribution in [0.5, 0.6) is 0 Å². The standard InChI is InChI=1S/C16H27N3O2/c17-14(20)11-18-10-8-16(12-18)7-4-9-19(15(16)21)13-5-2-1-3-6-13/h13H,1-12H2,(H2,17,20)/t16-/m1/s1. The lowest BCUT2D eigenvalue weighted by atomic mass is 9.77. The Bertz CT molecular complexity index is 420. The summed E-state index contributed by atoms with van der Waals surface area (Å²) < 4.78 is 0. The summed E-state index contributed by atoms with van der Waals surface area (Å²) in [6.45, 7) is 2.77. The van der Waals surface area contributed by atoms with Crippen LogP contribution in [0.1, 0.15) is 51.4 Å². The lowest BCUT2D eigenvalue weighted by Crippen LogP contribution is -2.54. The van der Waals surface area contributed by atoms with E-state index in [1.54, 1.807) is 0 Å². The van der Waals surface area contributed by atoms with Crippen LogP contribution < -0.4 is 5.73 Å². The third-order valence-electron chi connectivity index (χ3n) is 5.60. The number of primary amides is 1. The fraction of sp³-hybridized carbons (Fsp3) is 0.875. The topological polar surface area (TPSA) is 66.6 Å². The van der Waals surface area contributed by atoms with Crippen LogP contribution in [0.2, 0.25) is 0 Å². The van der Waals surface area contributed by atoms with Crippen LogP contribution in [-0.4, -0.2) is 53.8 Å². The van der Waals surface area contributed by atoms with Crippen LogP contribution in [0, 0.1) is 5.41 Å². The Labute approximate surface area is 126 Å². The third kappa shape index (κ3) is 2.93. The molecule has 1 saturated carbocycles. The number of hydrogen-bond acceptors (Lipinski definition) is 3. The number of nitrogens with two attached hydrogens (primary N) is 1. The highest BCUT2D eigenvalue weighted by Gasteiger charge is 2.49. The van der Waals surface area contributed by atoms with Gasteiger partial charge in [0.05, 0.1) is 12.0 Å². The van der Waals surface area contributed by atoms with Crippen LogP contribution >= 0.6 is 0 Å². The fourth-order valence-corrected chi connectivity index (χ4v) is 4.53. The Hall–Kier alpha value is -1.10. The highest BCUT2D eigenvalue weighted by atomic mass is 16.2. The van der Waals surface area contributed by atoms with E-state index in [-0.39, 0.29) is 11.3 Å². The molecule has 2 saturated heterocycles. The summed E-state index contributed by atoms with van der Waals surface area (Å²) in [5, 5.41) is 0. The zero-order chi connectivity index (χ0) is 14.9. The predicted molar refractivity (Wildman–Crippen MR) is 80.5 cm³/mol. The van der Waals surface area contributed by atoms with Crippen LogP contribution in [0.15, 0.2) is 0 Å². The van der Waals surface area contributed by atoms with E-state index in [1.807, 2.05) is 0 Å². The van der Waals surface area contributed by atoms with E-state index in [1.165, 1.54) is 32.1 Å². The number of piperidine rings is 1. The van der Waals surface area contributed by atoms with E-state index in [4.69, 9.17) is 5.73 Å². The molecule has 1 aliphatic carbocycles. The van der Waals surface area contributed by atoms with E-state index in [0.29, 0.717) is 18.5 Å². The van der Waals surface area contributed by atoms with Gasteiger partial charge in [0, 0.05) is 19.1 Å². The second-order valence-corrected chi connectivity index (χ2v) is 7.10. The van der Waals surface area contributed by atoms with Crippen molar-refractivity contribution in [2.75, 3.05) is 26.2 Å². The van der Waals surface area contributed by atoms with Gasteiger partial charge in [0.1, 0.15) is 0 Å². The van der Waals surface area contributed by atoms with Gasteiger partial charge in [0.15, 0.2) is 0 Å². The molecule has 0 radical (unpaired) electrons. The SMILES string of the molecule is NC(=O)CN1CC[C@]2(CCCN(C3CCCCC3)C2=O)C1. The summed E-state index contributed by atoms with van der Waals surface area (Å²) in [5.41, 5.74) is 5.06. The molecule has 3 aliphatic rings. The van der Waals surface area contributed by atoms with Gasteiger partial charge in [-0.3, -0.25) is 14.5 Å². The second-order valence-electron chi connectivity index (χ2n) is 7.10. The summed E-state index contributed by atoms with van der Waals surface area (Å²) in [5.74, 6) is 0.0621. The van der Waals surface area contributed by atoms with Gasteiger partial charge in [-0.15, -0.1) is 0 Å². The molecule has 5 heteroatoms. The van der Waals surface area contributed by atoms with E-state index < -0.39 is 0 Å². The second kappa shape index (κ2) is 5.95. The highest BCUT2D eigenvalue weighted by molar-refractivity contribution is 5.84. The van der Waals surface area contributed by atoms with Gasteiger partial charge in [-0.1, -0.05) is 19.3 Å². The minimum atomic E-state index is -0.292. The lowest BCUT2D eigenvalue weighted by Gasteiger charge is -2.44. The molecule has 2 amide bonds. The van der Waals surface area contributed by atoms with Gasteiger partial charge in [-0.05, 0) is 38.6 Å². The molecular weight excluding hydrogens is 266 g/mol. The molecule has 0 bridgehead atoms. The van der Waals surface area contributed by atoms with Crippen molar-refractivity contribution in [2.45, 2.75) is 57.4 Å². The zero-order valence-electron chi connectivity index (χ0n) is 12.9. The molecule has 0 aromatic heterocycles. The molecule has 2 aliphatic heterocycles. The number of nitrogens with zero attached hydrogens (tertiary/aromatic N) is 2. The van der Waals surface area contributed by atoms with E-state index >= 15 is 0 Å². The molecule has 3 fully saturated rings. The molecule has 5 nitrogen and oxygen atoms in total. The van der Waals surface area contributed by atoms with Crippen LogP contribution in [-0.2, 0) is 9.59 Å². The summed E-state index contributed by atoms with van der Waals surface area (Å²) in [4.78, 5) is 28.4. The Kier molecular flexibility index (Phi) is 4.20. The van der Waals surface area contributed by atoms with Gasteiger partial charge in [0.25, 0.3) is 0 Å². The molecule has 1 atom stereocenters. The maximum absolute atomic E-state index is 13.1. The Morgan fingerprint density at radius 3 is 2.62 bits per heavy atom. The van der Waals surface area contributed by atoms with Crippen LogP contribution in [0.25, 0.3) is 0 Å². The third-order valence-corrected chi connectivity index (χ3v) is 5.60. The molecule has 0 aromatic rings. The molecule has 3 rings (SSSR count). The zero-order valence-corrected chi connectivity index (χ0v) is 12.9. The van der Waals surface area contributed by atoms with Gasteiger partial charge in [-0.2, -0.15) is 0 Å². The Balaban J connectivity index is 1.68.